The number of carbonyl (C=O) groups excluding carboxylic acids is 1. The van der Waals surface area contributed by atoms with Crippen molar-refractivity contribution in [1.82, 2.24) is 10.2 Å². The molecule has 0 spiro atoms. The van der Waals surface area contributed by atoms with Crippen molar-refractivity contribution in [2.24, 2.45) is 11.1 Å². The second-order valence-corrected chi connectivity index (χ2v) is 5.35. The van der Waals surface area contributed by atoms with Gasteiger partial charge in [0.2, 0.25) is 5.91 Å². The van der Waals surface area contributed by atoms with E-state index < -0.39 is 5.41 Å². The van der Waals surface area contributed by atoms with Crippen LogP contribution in [0.15, 0.2) is 0 Å². The smallest absolute Gasteiger partial charge is 0.233 e. The summed E-state index contributed by atoms with van der Waals surface area (Å²) >= 11 is 5.00. The summed E-state index contributed by atoms with van der Waals surface area (Å²) in [7, 11) is 0. The van der Waals surface area contributed by atoms with Gasteiger partial charge in [0.05, 0.1) is 10.4 Å². The first kappa shape index (κ1) is 17.3. The molecule has 0 rings (SSSR count). The number of rotatable bonds is 8. The summed E-state index contributed by atoms with van der Waals surface area (Å²) < 4.78 is 0. The first-order valence-electron chi connectivity index (χ1n) is 6.64. The minimum Gasteiger partial charge on any atom is -0.392 e. The first-order valence-corrected chi connectivity index (χ1v) is 7.05. The zero-order chi connectivity index (χ0) is 14.3. The third-order valence-electron chi connectivity index (χ3n) is 3.56. The number of nitrogens with two attached hydrogens (primary N) is 1. The van der Waals surface area contributed by atoms with Crippen molar-refractivity contribution in [2.45, 2.75) is 47.1 Å². The highest BCUT2D eigenvalue weighted by atomic mass is 32.1. The van der Waals surface area contributed by atoms with E-state index in [1.165, 1.54) is 0 Å². The molecule has 1 amide bonds. The number of hydrogen-bond acceptors (Lipinski definition) is 3. The van der Waals surface area contributed by atoms with Crippen LogP contribution in [0.3, 0.4) is 0 Å². The molecule has 0 aliphatic carbocycles. The number of hydrogen-bond donors (Lipinski definition) is 2. The molecule has 5 heteroatoms. The lowest BCUT2D eigenvalue weighted by Gasteiger charge is -2.29. The van der Waals surface area contributed by atoms with Crippen LogP contribution in [0.1, 0.15) is 41.0 Å². The van der Waals surface area contributed by atoms with Gasteiger partial charge in [0, 0.05) is 12.6 Å². The quantitative estimate of drug-likeness (QED) is 0.659. The van der Waals surface area contributed by atoms with Gasteiger partial charge in [-0.15, -0.1) is 0 Å². The van der Waals surface area contributed by atoms with Crippen LogP contribution in [-0.4, -0.2) is 41.5 Å². The van der Waals surface area contributed by atoms with Crippen LogP contribution in [0.2, 0.25) is 0 Å². The van der Waals surface area contributed by atoms with Crippen molar-refractivity contribution < 1.29 is 4.79 Å². The topological polar surface area (TPSA) is 58.4 Å². The van der Waals surface area contributed by atoms with Gasteiger partial charge in [0.25, 0.3) is 0 Å². The molecule has 0 aliphatic rings. The lowest BCUT2D eigenvalue weighted by molar-refractivity contribution is -0.127. The van der Waals surface area contributed by atoms with E-state index >= 15 is 0 Å². The van der Waals surface area contributed by atoms with E-state index in [1.807, 2.05) is 13.8 Å². The Labute approximate surface area is 116 Å². The predicted molar refractivity (Wildman–Crippen MR) is 80.6 cm³/mol. The highest BCUT2D eigenvalue weighted by molar-refractivity contribution is 7.80. The monoisotopic (exact) mass is 273 g/mol. The molecule has 0 aromatic carbocycles. The van der Waals surface area contributed by atoms with Crippen LogP contribution in [0.5, 0.6) is 0 Å². The fourth-order valence-electron chi connectivity index (χ4n) is 1.74. The first-order chi connectivity index (χ1) is 8.31. The molecule has 0 saturated heterocycles. The summed E-state index contributed by atoms with van der Waals surface area (Å²) in [4.78, 5) is 14.7. The Bertz CT molecular complexity index is 292. The number of likely N-dealkylation sites (N-methyl/N-ethyl adjacent to an activating group) is 1. The maximum absolute atomic E-state index is 12.2. The predicted octanol–water partition coefficient (Wildman–Crippen LogP) is 1.54. The Hall–Kier alpha value is -0.680. The molecule has 0 bridgehead atoms. The van der Waals surface area contributed by atoms with Gasteiger partial charge in [-0.2, -0.15) is 0 Å². The molecule has 0 saturated carbocycles. The zero-order valence-corrected chi connectivity index (χ0v) is 13.1. The van der Waals surface area contributed by atoms with Gasteiger partial charge in [-0.25, -0.2) is 0 Å². The maximum Gasteiger partial charge on any atom is 0.233 e. The molecular weight excluding hydrogens is 246 g/mol. The molecule has 2 unspecified atom stereocenters. The Morgan fingerprint density at radius 2 is 1.89 bits per heavy atom. The van der Waals surface area contributed by atoms with Gasteiger partial charge in [-0.1, -0.05) is 33.0 Å². The number of carbonyl (C=O) groups is 1. The van der Waals surface area contributed by atoms with Crippen LogP contribution in [-0.2, 0) is 4.79 Å². The van der Waals surface area contributed by atoms with E-state index in [1.54, 1.807) is 6.92 Å². The fourth-order valence-corrected chi connectivity index (χ4v) is 1.98. The van der Waals surface area contributed by atoms with Gasteiger partial charge < -0.3 is 16.0 Å². The molecule has 4 nitrogen and oxygen atoms in total. The number of thiocarbonyl (C=S) groups is 1. The Balaban J connectivity index is 4.51. The maximum atomic E-state index is 12.2. The molecule has 0 radical (unpaired) electrons. The standard InChI is InChI=1S/C13H27N3OS/c1-6-13(5,11(14)18)12(17)15-10(4)9-16(7-2)8-3/h10H,6-9H2,1-5H3,(H2,14,18)(H,15,17). The van der Waals surface area contributed by atoms with Crippen molar-refractivity contribution in [1.29, 1.82) is 0 Å². The van der Waals surface area contributed by atoms with Gasteiger partial charge in [0.15, 0.2) is 0 Å². The van der Waals surface area contributed by atoms with Crippen molar-refractivity contribution in [3.8, 4) is 0 Å². The van der Waals surface area contributed by atoms with Gasteiger partial charge in [0.1, 0.15) is 0 Å². The van der Waals surface area contributed by atoms with Crippen LogP contribution in [0.25, 0.3) is 0 Å². The second-order valence-electron chi connectivity index (χ2n) is 4.91. The van der Waals surface area contributed by atoms with Gasteiger partial charge >= 0.3 is 0 Å². The van der Waals surface area contributed by atoms with E-state index in [-0.39, 0.29) is 16.9 Å². The summed E-state index contributed by atoms with van der Waals surface area (Å²) in [6.07, 6.45) is 0.617. The highest BCUT2D eigenvalue weighted by Crippen LogP contribution is 2.21. The number of amides is 1. The number of nitrogens with one attached hydrogen (secondary N) is 1. The zero-order valence-electron chi connectivity index (χ0n) is 12.2. The molecule has 3 N–H and O–H groups in total. The van der Waals surface area contributed by atoms with Crippen LogP contribution < -0.4 is 11.1 Å². The van der Waals surface area contributed by atoms with Crippen LogP contribution >= 0.6 is 12.2 Å². The van der Waals surface area contributed by atoms with Crippen LogP contribution in [0.4, 0.5) is 0 Å². The van der Waals surface area contributed by atoms with Crippen LogP contribution in [0, 0.1) is 5.41 Å². The number of nitrogens with zero attached hydrogens (tertiary/aromatic N) is 1. The van der Waals surface area contributed by atoms with E-state index in [9.17, 15) is 4.79 Å². The average Bonchev–Trinajstić information content (AvgIpc) is 2.34. The van der Waals surface area contributed by atoms with E-state index in [2.05, 4.69) is 24.1 Å². The molecule has 106 valence electrons. The SMILES string of the molecule is CCN(CC)CC(C)NC(=O)C(C)(CC)C(N)=S. The van der Waals surface area contributed by atoms with Crippen molar-refractivity contribution in [3.05, 3.63) is 0 Å². The molecule has 0 aromatic heterocycles. The van der Waals surface area contributed by atoms with E-state index in [0.717, 1.165) is 19.6 Å². The molecule has 18 heavy (non-hydrogen) atoms. The molecular formula is C13H27N3OS. The van der Waals surface area contributed by atoms with Crippen molar-refractivity contribution in [3.63, 3.8) is 0 Å². The largest absolute Gasteiger partial charge is 0.392 e. The van der Waals surface area contributed by atoms with Crippen molar-refractivity contribution >= 4 is 23.1 Å². The summed E-state index contributed by atoms with van der Waals surface area (Å²) in [6.45, 7) is 12.8. The molecule has 0 aliphatic heterocycles. The third-order valence-corrected chi connectivity index (χ3v) is 4.01. The second kappa shape index (κ2) is 7.69. The third kappa shape index (κ3) is 4.53. The minimum atomic E-state index is -0.743. The fraction of sp³-hybridized carbons (Fsp3) is 0.846. The summed E-state index contributed by atoms with van der Waals surface area (Å²) in [6, 6.07) is 0.0950. The van der Waals surface area contributed by atoms with E-state index in [0.29, 0.717) is 6.42 Å². The van der Waals surface area contributed by atoms with Gasteiger partial charge in [-0.3, -0.25) is 4.79 Å². The Kier molecular flexibility index (Phi) is 7.40. The molecule has 0 aromatic rings. The lowest BCUT2D eigenvalue weighted by Crippen LogP contribution is -2.51. The Morgan fingerprint density at radius 3 is 2.22 bits per heavy atom. The van der Waals surface area contributed by atoms with Gasteiger partial charge in [-0.05, 0) is 33.4 Å². The van der Waals surface area contributed by atoms with Crippen molar-refractivity contribution in [2.75, 3.05) is 19.6 Å². The molecule has 0 fully saturated rings. The normalized spacial score (nSPS) is 16.1. The summed E-state index contributed by atoms with van der Waals surface area (Å²) in [5, 5.41) is 3.00. The average molecular weight is 273 g/mol. The lowest BCUT2D eigenvalue weighted by atomic mass is 9.86. The van der Waals surface area contributed by atoms with E-state index in [4.69, 9.17) is 18.0 Å². The Morgan fingerprint density at radius 1 is 1.39 bits per heavy atom. The highest BCUT2D eigenvalue weighted by Gasteiger charge is 2.35. The molecule has 0 heterocycles. The summed E-state index contributed by atoms with van der Waals surface area (Å²) in [5.74, 6) is -0.0721. The summed E-state index contributed by atoms with van der Waals surface area (Å²) in [5.41, 5.74) is 4.93. The minimum absolute atomic E-state index is 0.0721. The molecule has 2 atom stereocenters.